The number of aryl methyl sites for hydroxylation is 1. The minimum absolute atomic E-state index is 0.0496. The Morgan fingerprint density at radius 1 is 1.12 bits per heavy atom. The Hall–Kier alpha value is -2.36. The van der Waals surface area contributed by atoms with Crippen LogP contribution in [0.25, 0.3) is 0 Å². The molecule has 0 radical (unpaired) electrons. The average Bonchev–Trinajstić information content (AvgIpc) is 3.06. The molecule has 24 heavy (non-hydrogen) atoms. The highest BCUT2D eigenvalue weighted by Crippen LogP contribution is 2.31. The molecular weight excluding hydrogens is 298 g/mol. The fourth-order valence-corrected chi connectivity index (χ4v) is 3.94. The van der Waals surface area contributed by atoms with Gasteiger partial charge < -0.3 is 10.2 Å². The van der Waals surface area contributed by atoms with Gasteiger partial charge in [-0.3, -0.25) is 4.79 Å². The average molecular weight is 321 g/mol. The third kappa shape index (κ3) is 3.01. The molecule has 0 bridgehead atoms. The van der Waals surface area contributed by atoms with E-state index >= 15 is 0 Å². The van der Waals surface area contributed by atoms with Gasteiger partial charge in [0.1, 0.15) is 5.82 Å². The lowest BCUT2D eigenvalue weighted by Crippen LogP contribution is -2.44. The molecule has 1 aromatic carbocycles. The third-order valence-electron chi connectivity index (χ3n) is 5.21. The van der Waals surface area contributed by atoms with Crippen LogP contribution in [0.15, 0.2) is 48.7 Å². The molecule has 1 saturated heterocycles. The van der Waals surface area contributed by atoms with E-state index in [0.717, 1.165) is 44.6 Å². The number of fused-ring (bicyclic) bond motifs is 1. The third-order valence-corrected chi connectivity index (χ3v) is 5.21. The fraction of sp³-hybridized carbons (Fsp3) is 0.400. The van der Waals surface area contributed by atoms with E-state index in [9.17, 15) is 4.79 Å². The molecule has 1 aliphatic carbocycles. The van der Waals surface area contributed by atoms with Crippen LogP contribution in [-0.2, 0) is 11.2 Å². The van der Waals surface area contributed by atoms with Gasteiger partial charge in [-0.2, -0.15) is 0 Å². The maximum Gasteiger partial charge on any atom is 0.225 e. The molecule has 1 amide bonds. The summed E-state index contributed by atoms with van der Waals surface area (Å²) >= 11 is 0. The van der Waals surface area contributed by atoms with Gasteiger partial charge in [0.25, 0.3) is 0 Å². The number of amides is 1. The van der Waals surface area contributed by atoms with Crippen molar-refractivity contribution < 1.29 is 4.79 Å². The second-order valence-corrected chi connectivity index (χ2v) is 6.77. The van der Waals surface area contributed by atoms with Crippen molar-refractivity contribution in [3.8, 4) is 0 Å². The van der Waals surface area contributed by atoms with E-state index in [-0.39, 0.29) is 17.9 Å². The molecule has 2 aromatic rings. The summed E-state index contributed by atoms with van der Waals surface area (Å²) in [5.41, 5.74) is 2.67. The van der Waals surface area contributed by atoms with Crippen molar-refractivity contribution in [3.63, 3.8) is 0 Å². The normalized spacial score (nSPS) is 22.9. The molecule has 1 fully saturated rings. The Kier molecular flexibility index (Phi) is 4.20. The van der Waals surface area contributed by atoms with Crippen molar-refractivity contribution in [1.29, 1.82) is 0 Å². The summed E-state index contributed by atoms with van der Waals surface area (Å²) in [6.07, 6.45) is 5.89. The molecule has 4 heteroatoms. The van der Waals surface area contributed by atoms with Gasteiger partial charge in [-0.1, -0.05) is 30.3 Å². The molecule has 124 valence electrons. The lowest BCUT2D eigenvalue weighted by Gasteiger charge is -2.33. The van der Waals surface area contributed by atoms with E-state index in [1.165, 1.54) is 11.1 Å². The van der Waals surface area contributed by atoms with Crippen LogP contribution in [-0.4, -0.2) is 24.0 Å². The number of anilines is 1. The van der Waals surface area contributed by atoms with Gasteiger partial charge in [0.15, 0.2) is 0 Å². The van der Waals surface area contributed by atoms with E-state index in [4.69, 9.17) is 0 Å². The summed E-state index contributed by atoms with van der Waals surface area (Å²) in [7, 11) is 0. The predicted molar refractivity (Wildman–Crippen MR) is 94.8 cm³/mol. The Bertz CT molecular complexity index is 716. The number of carbonyl (C=O) groups excluding carboxylic acids is 1. The zero-order valence-electron chi connectivity index (χ0n) is 13.8. The number of rotatable bonds is 3. The summed E-state index contributed by atoms with van der Waals surface area (Å²) in [5, 5.41) is 3.29. The Balaban J connectivity index is 1.42. The van der Waals surface area contributed by atoms with Crippen LogP contribution >= 0.6 is 0 Å². The molecule has 2 aliphatic rings. The van der Waals surface area contributed by atoms with E-state index < -0.39 is 0 Å². The van der Waals surface area contributed by atoms with Crippen molar-refractivity contribution >= 4 is 11.7 Å². The van der Waals surface area contributed by atoms with Crippen LogP contribution in [0.3, 0.4) is 0 Å². The second-order valence-electron chi connectivity index (χ2n) is 6.77. The Morgan fingerprint density at radius 3 is 2.88 bits per heavy atom. The van der Waals surface area contributed by atoms with Crippen molar-refractivity contribution in [2.45, 2.75) is 31.7 Å². The van der Waals surface area contributed by atoms with Crippen molar-refractivity contribution in [3.05, 3.63) is 59.8 Å². The van der Waals surface area contributed by atoms with Crippen molar-refractivity contribution in [2.24, 2.45) is 5.92 Å². The molecule has 0 unspecified atom stereocenters. The first-order chi connectivity index (χ1) is 11.8. The molecule has 4 rings (SSSR count). The largest absolute Gasteiger partial charge is 0.356 e. The number of piperidine rings is 1. The highest BCUT2D eigenvalue weighted by atomic mass is 16.2. The van der Waals surface area contributed by atoms with Crippen LogP contribution in [0.4, 0.5) is 5.82 Å². The van der Waals surface area contributed by atoms with Gasteiger partial charge in [-0.05, 0) is 48.9 Å². The van der Waals surface area contributed by atoms with Crippen LogP contribution in [0.1, 0.15) is 36.4 Å². The maximum absolute atomic E-state index is 12.8. The topological polar surface area (TPSA) is 45.2 Å². The Labute approximate surface area is 142 Å². The van der Waals surface area contributed by atoms with E-state index in [1.807, 2.05) is 24.4 Å². The lowest BCUT2D eigenvalue weighted by molar-refractivity contribution is -0.126. The molecule has 2 atom stereocenters. The molecule has 1 aromatic heterocycles. The zero-order chi connectivity index (χ0) is 16.4. The van der Waals surface area contributed by atoms with Gasteiger partial charge in [0.05, 0.1) is 12.0 Å². The molecule has 1 aliphatic heterocycles. The van der Waals surface area contributed by atoms with Crippen LogP contribution in [0.2, 0.25) is 0 Å². The first-order valence-corrected chi connectivity index (χ1v) is 8.85. The minimum atomic E-state index is 0.0496. The van der Waals surface area contributed by atoms with E-state index in [1.54, 1.807) is 0 Å². The first kappa shape index (κ1) is 15.2. The highest BCUT2D eigenvalue weighted by Gasteiger charge is 2.30. The zero-order valence-corrected chi connectivity index (χ0v) is 13.8. The van der Waals surface area contributed by atoms with Crippen LogP contribution in [0.5, 0.6) is 0 Å². The highest BCUT2D eigenvalue weighted by molar-refractivity contribution is 5.80. The number of nitrogens with one attached hydrogen (secondary N) is 1. The molecule has 0 saturated carbocycles. The second kappa shape index (κ2) is 6.63. The van der Waals surface area contributed by atoms with Crippen LogP contribution in [0, 0.1) is 5.92 Å². The summed E-state index contributed by atoms with van der Waals surface area (Å²) in [4.78, 5) is 19.4. The Morgan fingerprint density at radius 2 is 2.00 bits per heavy atom. The van der Waals surface area contributed by atoms with Gasteiger partial charge in [0.2, 0.25) is 5.91 Å². The van der Waals surface area contributed by atoms with Crippen molar-refractivity contribution in [1.82, 2.24) is 10.3 Å². The predicted octanol–water partition coefficient (Wildman–Crippen LogP) is 3.10. The van der Waals surface area contributed by atoms with Crippen LogP contribution < -0.4 is 10.2 Å². The summed E-state index contributed by atoms with van der Waals surface area (Å²) < 4.78 is 0. The standard InChI is InChI=1S/C20H23N3O/c24-20(22-18-11-10-15-6-1-2-8-17(15)18)16-7-5-13-23(14-16)19-9-3-4-12-21-19/h1-4,6,8-9,12,16,18H,5,7,10-11,13-14H2,(H,22,24)/t16-,18-/m1/s1. The van der Waals surface area contributed by atoms with Gasteiger partial charge in [-0.15, -0.1) is 0 Å². The number of pyridine rings is 1. The van der Waals surface area contributed by atoms with Gasteiger partial charge >= 0.3 is 0 Å². The summed E-state index contributed by atoms with van der Waals surface area (Å²) in [6, 6.07) is 14.6. The minimum Gasteiger partial charge on any atom is -0.356 e. The number of carbonyl (C=O) groups is 1. The number of benzene rings is 1. The van der Waals surface area contributed by atoms with Gasteiger partial charge in [-0.25, -0.2) is 4.98 Å². The molecule has 1 N–H and O–H groups in total. The monoisotopic (exact) mass is 321 g/mol. The fourth-order valence-electron chi connectivity index (χ4n) is 3.94. The molecule has 0 spiro atoms. The summed E-state index contributed by atoms with van der Waals surface area (Å²) in [5.74, 6) is 1.21. The number of hydrogen-bond donors (Lipinski definition) is 1. The molecule has 2 heterocycles. The first-order valence-electron chi connectivity index (χ1n) is 8.85. The van der Waals surface area contributed by atoms with Gasteiger partial charge in [0, 0.05) is 19.3 Å². The molecular formula is C20H23N3O. The van der Waals surface area contributed by atoms with E-state index in [0.29, 0.717) is 0 Å². The number of aromatic nitrogens is 1. The lowest BCUT2D eigenvalue weighted by atomic mass is 9.96. The smallest absolute Gasteiger partial charge is 0.225 e. The number of nitrogens with zero attached hydrogens (tertiary/aromatic N) is 2. The number of hydrogen-bond acceptors (Lipinski definition) is 3. The van der Waals surface area contributed by atoms with Crippen molar-refractivity contribution in [2.75, 3.05) is 18.0 Å². The SMILES string of the molecule is O=C(N[C@@H]1CCc2ccccc21)[C@@H]1CCCN(c2ccccn2)C1. The quantitative estimate of drug-likeness (QED) is 0.945. The van der Waals surface area contributed by atoms with E-state index in [2.05, 4.69) is 39.5 Å². The summed E-state index contributed by atoms with van der Waals surface area (Å²) in [6.45, 7) is 1.74. The maximum atomic E-state index is 12.8. The molecule has 4 nitrogen and oxygen atoms in total.